The molecule has 0 atom stereocenters. The highest BCUT2D eigenvalue weighted by molar-refractivity contribution is 6.32. The van der Waals surface area contributed by atoms with Gasteiger partial charge in [-0.1, -0.05) is 41.9 Å². The van der Waals surface area contributed by atoms with Crippen LogP contribution in [0.4, 0.5) is 0 Å². The fraction of sp³-hybridized carbons (Fsp3) is 0. The Bertz CT molecular complexity index is 684. The van der Waals surface area contributed by atoms with Crippen molar-refractivity contribution in [3.63, 3.8) is 0 Å². The van der Waals surface area contributed by atoms with E-state index in [9.17, 15) is 0 Å². The first-order valence-electron chi connectivity index (χ1n) is 5.83. The molecule has 2 heterocycles. The van der Waals surface area contributed by atoms with Gasteiger partial charge in [-0.3, -0.25) is 4.98 Å². The van der Waals surface area contributed by atoms with Gasteiger partial charge < -0.3 is 0 Å². The van der Waals surface area contributed by atoms with Gasteiger partial charge in [-0.2, -0.15) is 0 Å². The summed E-state index contributed by atoms with van der Waals surface area (Å²) in [7, 11) is 0. The molecule has 0 saturated heterocycles. The summed E-state index contributed by atoms with van der Waals surface area (Å²) in [5, 5.41) is 8.56. The Hall–Kier alpha value is -2.26. The predicted molar refractivity (Wildman–Crippen MR) is 75.7 cm³/mol. The van der Waals surface area contributed by atoms with Crippen LogP contribution in [-0.2, 0) is 0 Å². The van der Waals surface area contributed by atoms with Crippen LogP contribution in [0, 0.1) is 0 Å². The smallest absolute Gasteiger partial charge is 0.159 e. The Morgan fingerprint density at radius 1 is 0.789 bits per heavy atom. The van der Waals surface area contributed by atoms with Crippen molar-refractivity contribution in [1.29, 1.82) is 0 Å². The normalized spacial score (nSPS) is 10.4. The molecule has 0 saturated carbocycles. The maximum absolute atomic E-state index is 6.12. The minimum absolute atomic E-state index is 0.394. The molecule has 0 unspecified atom stereocenters. The van der Waals surface area contributed by atoms with Crippen molar-refractivity contribution >= 4 is 11.6 Å². The fourth-order valence-electron chi connectivity index (χ4n) is 1.86. The van der Waals surface area contributed by atoms with Gasteiger partial charge in [-0.05, 0) is 23.8 Å². The monoisotopic (exact) mass is 267 g/mol. The lowest BCUT2D eigenvalue weighted by Gasteiger charge is -2.06. The molecule has 3 nitrogen and oxygen atoms in total. The molecule has 1 aromatic carbocycles. The van der Waals surface area contributed by atoms with E-state index in [1.54, 1.807) is 12.4 Å². The van der Waals surface area contributed by atoms with Crippen molar-refractivity contribution in [2.45, 2.75) is 0 Å². The Balaban J connectivity index is 2.12. The van der Waals surface area contributed by atoms with Gasteiger partial charge in [0.05, 0.1) is 5.69 Å². The minimum atomic E-state index is 0.394. The van der Waals surface area contributed by atoms with Crippen molar-refractivity contribution in [3.05, 3.63) is 66.1 Å². The van der Waals surface area contributed by atoms with Crippen molar-refractivity contribution in [2.24, 2.45) is 0 Å². The largest absolute Gasteiger partial charge is 0.265 e. The maximum Gasteiger partial charge on any atom is 0.159 e. The second kappa shape index (κ2) is 5.16. The van der Waals surface area contributed by atoms with Gasteiger partial charge in [0.1, 0.15) is 0 Å². The van der Waals surface area contributed by atoms with E-state index in [0.29, 0.717) is 5.15 Å². The van der Waals surface area contributed by atoms with Crippen LogP contribution in [0.1, 0.15) is 0 Å². The average molecular weight is 268 g/mol. The molecule has 0 N–H and O–H groups in total. The number of benzene rings is 1. The molecule has 0 amide bonds. The standard InChI is InChI=1S/C15H10ClN3/c16-15-13(11-6-8-17-9-7-11)10-14(18-19-15)12-4-2-1-3-5-12/h1-10H. The van der Waals surface area contributed by atoms with Crippen molar-refractivity contribution < 1.29 is 0 Å². The van der Waals surface area contributed by atoms with Crippen molar-refractivity contribution in [3.8, 4) is 22.4 Å². The van der Waals surface area contributed by atoms with Gasteiger partial charge in [0.15, 0.2) is 5.15 Å². The van der Waals surface area contributed by atoms with Gasteiger partial charge in [0, 0.05) is 23.5 Å². The highest BCUT2D eigenvalue weighted by Gasteiger charge is 2.08. The molecule has 3 rings (SSSR count). The Morgan fingerprint density at radius 3 is 2.26 bits per heavy atom. The van der Waals surface area contributed by atoms with Crippen LogP contribution >= 0.6 is 11.6 Å². The van der Waals surface area contributed by atoms with E-state index in [2.05, 4.69) is 15.2 Å². The molecule has 2 aromatic heterocycles. The first-order chi connectivity index (χ1) is 9.34. The van der Waals surface area contributed by atoms with E-state index < -0.39 is 0 Å². The molecule has 4 heteroatoms. The Labute approximate surface area is 115 Å². The van der Waals surface area contributed by atoms with E-state index in [0.717, 1.165) is 22.4 Å². The summed E-state index contributed by atoms with van der Waals surface area (Å²) >= 11 is 6.12. The molecule has 0 radical (unpaired) electrons. The van der Waals surface area contributed by atoms with Crippen LogP contribution in [-0.4, -0.2) is 15.2 Å². The quantitative estimate of drug-likeness (QED) is 0.708. The Kier molecular flexibility index (Phi) is 3.21. The van der Waals surface area contributed by atoms with Gasteiger partial charge in [0.25, 0.3) is 0 Å². The lowest BCUT2D eigenvalue weighted by molar-refractivity contribution is 1.04. The minimum Gasteiger partial charge on any atom is -0.265 e. The molecule has 0 aliphatic carbocycles. The topological polar surface area (TPSA) is 38.7 Å². The van der Waals surface area contributed by atoms with Crippen molar-refractivity contribution in [1.82, 2.24) is 15.2 Å². The number of pyridine rings is 1. The van der Waals surface area contributed by atoms with E-state index in [-0.39, 0.29) is 0 Å². The van der Waals surface area contributed by atoms with Crippen LogP contribution in [0.25, 0.3) is 22.4 Å². The average Bonchev–Trinajstić information content (AvgIpc) is 2.49. The van der Waals surface area contributed by atoms with Gasteiger partial charge in [-0.25, -0.2) is 0 Å². The van der Waals surface area contributed by atoms with E-state index in [1.165, 1.54) is 0 Å². The molecule has 0 bridgehead atoms. The van der Waals surface area contributed by atoms with Crippen LogP contribution in [0.3, 0.4) is 0 Å². The van der Waals surface area contributed by atoms with Crippen LogP contribution in [0.15, 0.2) is 60.9 Å². The van der Waals surface area contributed by atoms with E-state index in [4.69, 9.17) is 11.6 Å². The summed E-state index contributed by atoms with van der Waals surface area (Å²) in [5.74, 6) is 0. The molecule has 0 aliphatic rings. The van der Waals surface area contributed by atoms with Crippen LogP contribution < -0.4 is 0 Å². The summed E-state index contributed by atoms with van der Waals surface area (Å²) in [6, 6.07) is 15.6. The third-order valence-electron chi connectivity index (χ3n) is 2.81. The predicted octanol–water partition coefficient (Wildman–Crippen LogP) is 3.86. The molecule has 3 aromatic rings. The third kappa shape index (κ3) is 2.46. The molecule has 0 fully saturated rings. The third-order valence-corrected chi connectivity index (χ3v) is 3.09. The van der Waals surface area contributed by atoms with Crippen LogP contribution in [0.2, 0.25) is 5.15 Å². The SMILES string of the molecule is Clc1nnc(-c2ccccc2)cc1-c1ccncc1. The molecular weight excluding hydrogens is 258 g/mol. The fourth-order valence-corrected chi connectivity index (χ4v) is 2.06. The molecule has 19 heavy (non-hydrogen) atoms. The molecule has 0 spiro atoms. The van der Waals surface area contributed by atoms with Crippen molar-refractivity contribution in [2.75, 3.05) is 0 Å². The number of hydrogen-bond donors (Lipinski definition) is 0. The lowest BCUT2D eigenvalue weighted by atomic mass is 10.1. The lowest BCUT2D eigenvalue weighted by Crippen LogP contribution is -1.91. The van der Waals surface area contributed by atoms with Crippen LogP contribution in [0.5, 0.6) is 0 Å². The van der Waals surface area contributed by atoms with E-state index in [1.807, 2.05) is 48.5 Å². The van der Waals surface area contributed by atoms with Gasteiger partial charge in [-0.15, -0.1) is 10.2 Å². The number of nitrogens with zero attached hydrogens (tertiary/aromatic N) is 3. The van der Waals surface area contributed by atoms with Gasteiger partial charge >= 0.3 is 0 Å². The zero-order valence-corrected chi connectivity index (χ0v) is 10.7. The maximum atomic E-state index is 6.12. The zero-order chi connectivity index (χ0) is 13.1. The molecular formula is C15H10ClN3. The summed E-state index contributed by atoms with van der Waals surface area (Å²) in [6.07, 6.45) is 3.46. The number of hydrogen-bond acceptors (Lipinski definition) is 3. The second-order valence-electron chi connectivity index (χ2n) is 4.04. The summed E-state index contributed by atoms with van der Waals surface area (Å²) in [6.45, 7) is 0. The highest BCUT2D eigenvalue weighted by atomic mass is 35.5. The summed E-state index contributed by atoms with van der Waals surface area (Å²) in [4.78, 5) is 4.00. The second-order valence-corrected chi connectivity index (χ2v) is 4.39. The first-order valence-corrected chi connectivity index (χ1v) is 6.21. The Morgan fingerprint density at radius 2 is 1.53 bits per heavy atom. The first kappa shape index (κ1) is 11.8. The summed E-state index contributed by atoms with van der Waals surface area (Å²) in [5.41, 5.74) is 3.66. The van der Waals surface area contributed by atoms with E-state index >= 15 is 0 Å². The number of rotatable bonds is 2. The number of halogens is 1. The van der Waals surface area contributed by atoms with Gasteiger partial charge in [0.2, 0.25) is 0 Å². The molecule has 0 aliphatic heterocycles. The molecule has 92 valence electrons. The zero-order valence-electron chi connectivity index (χ0n) is 9.99. The highest BCUT2D eigenvalue weighted by Crippen LogP contribution is 2.28. The summed E-state index contributed by atoms with van der Waals surface area (Å²) < 4.78 is 0. The number of aromatic nitrogens is 3.